The van der Waals surface area contributed by atoms with E-state index in [2.05, 4.69) is 0 Å². The van der Waals surface area contributed by atoms with Crippen LogP contribution in [0.2, 0.25) is 0 Å². The van der Waals surface area contributed by atoms with E-state index in [9.17, 15) is 0 Å². The fourth-order valence-electron chi connectivity index (χ4n) is 1.66. The van der Waals surface area contributed by atoms with Crippen molar-refractivity contribution in [1.29, 1.82) is 0 Å². The van der Waals surface area contributed by atoms with E-state index in [-0.39, 0.29) is 6.04 Å². The molecule has 1 unspecified atom stereocenters. The maximum Gasteiger partial charge on any atom is 0.131 e. The fraction of sp³-hybridized carbons (Fsp3) is 0.500. The zero-order valence-corrected chi connectivity index (χ0v) is 11.5. The van der Waals surface area contributed by atoms with E-state index in [4.69, 9.17) is 19.9 Å². The second-order valence-corrected chi connectivity index (χ2v) is 4.42. The van der Waals surface area contributed by atoms with Gasteiger partial charge in [-0.15, -0.1) is 0 Å². The molecule has 0 radical (unpaired) electrons. The van der Waals surface area contributed by atoms with Gasteiger partial charge in [-0.05, 0) is 6.26 Å². The van der Waals surface area contributed by atoms with Crippen LogP contribution in [0.4, 0.5) is 0 Å². The van der Waals surface area contributed by atoms with E-state index in [0.717, 1.165) is 11.3 Å². The molecule has 0 heterocycles. The van der Waals surface area contributed by atoms with E-state index in [1.54, 1.807) is 33.1 Å². The molecular weight excluding hydrogens is 238 g/mol. The largest absolute Gasteiger partial charge is 0.496 e. The number of hydrogen-bond donors (Lipinski definition) is 1. The lowest BCUT2D eigenvalue weighted by atomic mass is 10.1. The zero-order chi connectivity index (χ0) is 12.8. The van der Waals surface area contributed by atoms with Crippen LogP contribution in [0.15, 0.2) is 12.1 Å². The highest BCUT2D eigenvalue weighted by atomic mass is 32.2. The molecule has 1 rings (SSSR count). The van der Waals surface area contributed by atoms with Gasteiger partial charge in [0.25, 0.3) is 0 Å². The first-order chi connectivity index (χ1) is 8.17. The van der Waals surface area contributed by atoms with Crippen LogP contribution in [0.5, 0.6) is 17.2 Å². The molecule has 17 heavy (non-hydrogen) atoms. The summed E-state index contributed by atoms with van der Waals surface area (Å²) >= 11 is 1.69. The van der Waals surface area contributed by atoms with Gasteiger partial charge in [0.15, 0.2) is 0 Å². The van der Waals surface area contributed by atoms with Gasteiger partial charge in [-0.3, -0.25) is 0 Å². The Morgan fingerprint density at radius 2 is 1.65 bits per heavy atom. The van der Waals surface area contributed by atoms with Crippen molar-refractivity contribution in [2.24, 2.45) is 5.73 Å². The summed E-state index contributed by atoms with van der Waals surface area (Å²) in [5.74, 6) is 2.89. The van der Waals surface area contributed by atoms with Crippen molar-refractivity contribution in [3.63, 3.8) is 0 Å². The average molecular weight is 257 g/mol. The van der Waals surface area contributed by atoms with Gasteiger partial charge in [-0.2, -0.15) is 11.8 Å². The van der Waals surface area contributed by atoms with Crippen molar-refractivity contribution in [2.45, 2.75) is 6.04 Å². The molecule has 0 amide bonds. The number of hydrogen-bond acceptors (Lipinski definition) is 5. The summed E-state index contributed by atoms with van der Waals surface area (Å²) in [4.78, 5) is 0. The van der Waals surface area contributed by atoms with Crippen LogP contribution in [0.3, 0.4) is 0 Å². The molecule has 0 aliphatic heterocycles. The van der Waals surface area contributed by atoms with Crippen molar-refractivity contribution < 1.29 is 14.2 Å². The number of nitrogens with two attached hydrogens (primary N) is 1. The molecule has 0 aliphatic carbocycles. The third-order valence-electron chi connectivity index (χ3n) is 2.47. The molecule has 2 N–H and O–H groups in total. The molecule has 0 bridgehead atoms. The number of methoxy groups -OCH3 is 3. The summed E-state index contributed by atoms with van der Waals surface area (Å²) in [5, 5.41) is 0. The molecule has 0 aliphatic rings. The summed E-state index contributed by atoms with van der Waals surface area (Å²) in [6, 6.07) is 3.51. The van der Waals surface area contributed by atoms with Crippen LogP contribution in [-0.2, 0) is 0 Å². The van der Waals surface area contributed by atoms with Gasteiger partial charge in [-0.1, -0.05) is 0 Å². The lowest BCUT2D eigenvalue weighted by Crippen LogP contribution is -2.15. The smallest absolute Gasteiger partial charge is 0.131 e. The highest BCUT2D eigenvalue weighted by Crippen LogP contribution is 2.38. The van der Waals surface area contributed by atoms with Crippen molar-refractivity contribution in [1.82, 2.24) is 0 Å². The van der Waals surface area contributed by atoms with Crippen molar-refractivity contribution >= 4 is 11.8 Å². The highest BCUT2D eigenvalue weighted by molar-refractivity contribution is 7.98. The van der Waals surface area contributed by atoms with Crippen molar-refractivity contribution in [2.75, 3.05) is 33.3 Å². The van der Waals surface area contributed by atoms with Gasteiger partial charge in [-0.25, -0.2) is 0 Å². The normalized spacial score (nSPS) is 12.1. The van der Waals surface area contributed by atoms with Crippen LogP contribution < -0.4 is 19.9 Å². The Kier molecular flexibility index (Phi) is 5.44. The first kappa shape index (κ1) is 14.0. The van der Waals surface area contributed by atoms with Gasteiger partial charge in [0.05, 0.1) is 26.9 Å². The van der Waals surface area contributed by atoms with Crippen LogP contribution >= 0.6 is 11.8 Å². The summed E-state index contributed by atoms with van der Waals surface area (Å²) in [7, 11) is 4.84. The van der Waals surface area contributed by atoms with Gasteiger partial charge < -0.3 is 19.9 Å². The van der Waals surface area contributed by atoms with Gasteiger partial charge in [0.2, 0.25) is 0 Å². The Hall–Kier alpha value is -1.07. The molecule has 5 heteroatoms. The molecule has 0 fully saturated rings. The molecule has 0 spiro atoms. The van der Waals surface area contributed by atoms with E-state index < -0.39 is 0 Å². The predicted molar refractivity (Wildman–Crippen MR) is 71.4 cm³/mol. The van der Waals surface area contributed by atoms with E-state index in [1.807, 2.05) is 18.4 Å². The SMILES string of the molecule is COc1cc(OC)c(C(N)CSC)c(OC)c1. The molecular formula is C12H19NO3S. The maximum absolute atomic E-state index is 6.13. The predicted octanol–water partition coefficient (Wildman–Crippen LogP) is 2.08. The third kappa shape index (κ3) is 3.20. The summed E-state index contributed by atoms with van der Waals surface area (Å²) in [5.41, 5.74) is 7.01. The third-order valence-corrected chi connectivity index (χ3v) is 3.16. The molecule has 0 aromatic heterocycles. The molecule has 1 atom stereocenters. The summed E-state index contributed by atoms with van der Waals surface area (Å²) in [6.45, 7) is 0. The minimum atomic E-state index is -0.124. The highest BCUT2D eigenvalue weighted by Gasteiger charge is 2.19. The second kappa shape index (κ2) is 6.61. The first-order valence-corrected chi connectivity index (χ1v) is 6.61. The average Bonchev–Trinajstić information content (AvgIpc) is 2.37. The van der Waals surface area contributed by atoms with Crippen molar-refractivity contribution in [3.05, 3.63) is 17.7 Å². The van der Waals surface area contributed by atoms with Crippen LogP contribution in [-0.4, -0.2) is 33.3 Å². The molecule has 1 aromatic rings. The van der Waals surface area contributed by atoms with Crippen LogP contribution in [0, 0.1) is 0 Å². The minimum absolute atomic E-state index is 0.124. The lowest BCUT2D eigenvalue weighted by molar-refractivity contribution is 0.365. The molecule has 96 valence electrons. The minimum Gasteiger partial charge on any atom is -0.496 e. The van der Waals surface area contributed by atoms with E-state index >= 15 is 0 Å². The Balaban J connectivity index is 3.23. The molecule has 4 nitrogen and oxygen atoms in total. The number of thioether (sulfide) groups is 1. The Labute approximate surface area is 106 Å². The Bertz CT molecular complexity index is 346. The fourth-order valence-corrected chi connectivity index (χ4v) is 2.19. The Morgan fingerprint density at radius 1 is 1.12 bits per heavy atom. The molecule has 0 saturated heterocycles. The standard InChI is InChI=1S/C12H19NO3S/c1-14-8-5-10(15-2)12(9(13)7-17-4)11(6-8)16-3/h5-6,9H,7,13H2,1-4H3. The molecule has 1 aromatic carbocycles. The lowest BCUT2D eigenvalue weighted by Gasteiger charge is -2.19. The second-order valence-electron chi connectivity index (χ2n) is 3.51. The van der Waals surface area contributed by atoms with E-state index in [1.165, 1.54) is 0 Å². The zero-order valence-electron chi connectivity index (χ0n) is 10.6. The van der Waals surface area contributed by atoms with Gasteiger partial charge in [0.1, 0.15) is 17.2 Å². The van der Waals surface area contributed by atoms with Crippen LogP contribution in [0.25, 0.3) is 0 Å². The van der Waals surface area contributed by atoms with Gasteiger partial charge >= 0.3 is 0 Å². The Morgan fingerprint density at radius 3 is 2.00 bits per heavy atom. The monoisotopic (exact) mass is 257 g/mol. The molecule has 0 saturated carbocycles. The number of ether oxygens (including phenoxy) is 3. The first-order valence-electron chi connectivity index (χ1n) is 5.22. The maximum atomic E-state index is 6.13. The van der Waals surface area contributed by atoms with Crippen LogP contribution in [0.1, 0.15) is 11.6 Å². The quantitative estimate of drug-likeness (QED) is 0.845. The number of benzene rings is 1. The summed E-state index contributed by atoms with van der Waals surface area (Å²) < 4.78 is 15.9. The number of rotatable bonds is 6. The summed E-state index contributed by atoms with van der Waals surface area (Å²) in [6.07, 6.45) is 2.02. The van der Waals surface area contributed by atoms with Gasteiger partial charge in [0, 0.05) is 23.9 Å². The van der Waals surface area contributed by atoms with E-state index in [0.29, 0.717) is 17.2 Å². The topological polar surface area (TPSA) is 53.7 Å². The van der Waals surface area contributed by atoms with Crippen molar-refractivity contribution in [3.8, 4) is 17.2 Å².